The highest BCUT2D eigenvalue weighted by Crippen LogP contribution is 2.45. The summed E-state index contributed by atoms with van der Waals surface area (Å²) in [5.41, 5.74) is -0.0671. The van der Waals surface area contributed by atoms with E-state index in [0.29, 0.717) is 23.1 Å². The van der Waals surface area contributed by atoms with E-state index in [0.717, 1.165) is 18.9 Å². The highest BCUT2D eigenvalue weighted by Gasteiger charge is 2.36. The molecule has 140 valence electrons. The molecule has 1 heterocycles. The molecule has 1 saturated carbocycles. The van der Waals surface area contributed by atoms with Gasteiger partial charge in [0.05, 0.1) is 11.1 Å². The number of amides is 1. The summed E-state index contributed by atoms with van der Waals surface area (Å²) >= 11 is 0. The average Bonchev–Trinajstić information content (AvgIpc) is 3.44. The number of rotatable bonds is 6. The molecular formula is C18H20F3N3O2. The number of anilines is 1. The number of halogens is 3. The highest BCUT2D eigenvalue weighted by atomic mass is 19.4. The van der Waals surface area contributed by atoms with Gasteiger partial charge >= 0.3 is 6.18 Å². The molecule has 8 heteroatoms. The van der Waals surface area contributed by atoms with Gasteiger partial charge in [0, 0.05) is 31.3 Å². The Kier molecular flexibility index (Phi) is 5.04. The summed E-state index contributed by atoms with van der Waals surface area (Å²) in [5, 5.41) is 14.5. The number of fused-ring (bicyclic) bond motifs is 1. The van der Waals surface area contributed by atoms with Crippen LogP contribution in [0.1, 0.15) is 46.8 Å². The van der Waals surface area contributed by atoms with Crippen LogP contribution in [-0.4, -0.2) is 36.2 Å². The smallest absolute Gasteiger partial charge is 0.396 e. The maximum Gasteiger partial charge on any atom is 0.418 e. The van der Waals surface area contributed by atoms with Crippen LogP contribution in [0.15, 0.2) is 18.2 Å². The van der Waals surface area contributed by atoms with Crippen LogP contribution in [-0.2, 0) is 6.18 Å². The molecule has 3 rings (SSSR count). The molecule has 1 fully saturated rings. The number of pyridine rings is 1. The first-order valence-electron chi connectivity index (χ1n) is 8.48. The molecular weight excluding hydrogens is 347 g/mol. The number of benzene rings is 1. The quantitative estimate of drug-likeness (QED) is 0.685. The van der Waals surface area contributed by atoms with Crippen LogP contribution in [0.5, 0.6) is 0 Å². The Labute approximate surface area is 148 Å². The largest absolute Gasteiger partial charge is 0.418 e. The van der Waals surface area contributed by atoms with E-state index in [9.17, 15) is 18.0 Å². The molecule has 3 N–H and O–H groups in total. The third-order valence-electron chi connectivity index (χ3n) is 4.41. The number of hydrogen-bond donors (Lipinski definition) is 3. The number of nitrogens with one attached hydrogen (secondary N) is 2. The van der Waals surface area contributed by atoms with Crippen molar-refractivity contribution in [2.45, 2.75) is 31.4 Å². The molecule has 0 radical (unpaired) electrons. The second-order valence-electron chi connectivity index (χ2n) is 6.37. The molecule has 0 bridgehead atoms. The van der Waals surface area contributed by atoms with Crippen molar-refractivity contribution in [2.75, 3.05) is 25.5 Å². The van der Waals surface area contributed by atoms with Gasteiger partial charge in [0.25, 0.3) is 5.91 Å². The number of hydrogen-bond acceptors (Lipinski definition) is 4. The van der Waals surface area contributed by atoms with E-state index in [4.69, 9.17) is 5.11 Å². The second kappa shape index (κ2) is 7.11. The lowest BCUT2D eigenvalue weighted by molar-refractivity contribution is -0.136. The lowest BCUT2D eigenvalue weighted by atomic mass is 10.00. The fourth-order valence-electron chi connectivity index (χ4n) is 2.91. The Hall–Kier alpha value is -2.35. The van der Waals surface area contributed by atoms with Gasteiger partial charge in [0.2, 0.25) is 0 Å². The Balaban J connectivity index is 2.13. The van der Waals surface area contributed by atoms with E-state index in [1.165, 1.54) is 6.07 Å². The number of carbonyl (C=O) groups excluding carboxylic acids is 1. The molecule has 2 aromatic rings. The zero-order valence-electron chi connectivity index (χ0n) is 14.3. The normalized spacial score (nSPS) is 14.5. The molecule has 0 unspecified atom stereocenters. The SMILES string of the molecule is CNc1cc(C(=O)NCCCO)nc2c(C(F)(F)F)cc(C3CC3)cc12. The van der Waals surface area contributed by atoms with Gasteiger partial charge in [-0.2, -0.15) is 13.2 Å². The Morgan fingerprint density at radius 3 is 2.62 bits per heavy atom. The predicted octanol–water partition coefficient (Wildman–Crippen LogP) is 3.28. The van der Waals surface area contributed by atoms with Crippen LogP contribution in [0, 0.1) is 0 Å². The van der Waals surface area contributed by atoms with E-state index in [2.05, 4.69) is 15.6 Å². The van der Waals surface area contributed by atoms with Crippen molar-refractivity contribution in [3.05, 3.63) is 35.0 Å². The molecule has 0 atom stereocenters. The summed E-state index contributed by atoms with van der Waals surface area (Å²) in [6, 6.07) is 4.34. The zero-order chi connectivity index (χ0) is 18.9. The summed E-state index contributed by atoms with van der Waals surface area (Å²) in [6.07, 6.45) is -2.43. The van der Waals surface area contributed by atoms with Crippen molar-refractivity contribution in [1.29, 1.82) is 0 Å². The monoisotopic (exact) mass is 367 g/mol. The van der Waals surface area contributed by atoms with Crippen LogP contribution in [0.25, 0.3) is 10.9 Å². The number of nitrogens with zero attached hydrogens (tertiary/aromatic N) is 1. The minimum Gasteiger partial charge on any atom is -0.396 e. The molecule has 0 spiro atoms. The molecule has 1 amide bonds. The zero-order valence-corrected chi connectivity index (χ0v) is 14.3. The van der Waals surface area contributed by atoms with Crippen LogP contribution in [0.2, 0.25) is 0 Å². The van der Waals surface area contributed by atoms with E-state index < -0.39 is 17.6 Å². The van der Waals surface area contributed by atoms with Gasteiger partial charge in [0.1, 0.15) is 5.69 Å². The van der Waals surface area contributed by atoms with Gasteiger partial charge in [-0.1, -0.05) is 0 Å². The first-order chi connectivity index (χ1) is 12.3. The maximum atomic E-state index is 13.6. The van der Waals surface area contributed by atoms with Gasteiger partial charge in [-0.05, 0) is 48.9 Å². The third-order valence-corrected chi connectivity index (χ3v) is 4.41. The van der Waals surface area contributed by atoms with Gasteiger partial charge in [-0.25, -0.2) is 4.98 Å². The van der Waals surface area contributed by atoms with E-state index in [-0.39, 0.29) is 30.3 Å². The van der Waals surface area contributed by atoms with Crippen LogP contribution < -0.4 is 10.6 Å². The van der Waals surface area contributed by atoms with Gasteiger partial charge in [-0.3, -0.25) is 4.79 Å². The number of alkyl halides is 3. The predicted molar refractivity (Wildman–Crippen MR) is 92.3 cm³/mol. The Morgan fingerprint density at radius 2 is 2.04 bits per heavy atom. The number of aliphatic hydroxyl groups excluding tert-OH is 1. The molecule has 0 saturated heterocycles. The molecule has 1 aromatic carbocycles. The van der Waals surface area contributed by atoms with Crippen molar-refractivity contribution in [1.82, 2.24) is 10.3 Å². The number of carbonyl (C=O) groups is 1. The molecule has 1 aromatic heterocycles. The minimum atomic E-state index is -4.56. The molecule has 1 aliphatic carbocycles. The van der Waals surface area contributed by atoms with Crippen molar-refractivity contribution < 1.29 is 23.1 Å². The Bertz CT molecular complexity index is 833. The van der Waals surface area contributed by atoms with E-state index >= 15 is 0 Å². The number of aromatic nitrogens is 1. The Morgan fingerprint density at radius 1 is 1.31 bits per heavy atom. The summed E-state index contributed by atoms with van der Waals surface area (Å²) in [7, 11) is 1.60. The molecule has 5 nitrogen and oxygen atoms in total. The first kappa shape index (κ1) is 18.4. The van der Waals surface area contributed by atoms with Crippen molar-refractivity contribution in [2.24, 2.45) is 0 Å². The fourth-order valence-corrected chi connectivity index (χ4v) is 2.91. The maximum absolute atomic E-state index is 13.6. The summed E-state index contributed by atoms with van der Waals surface area (Å²) in [6.45, 7) is 0.131. The topological polar surface area (TPSA) is 74.2 Å². The van der Waals surface area contributed by atoms with Crippen molar-refractivity contribution in [3.63, 3.8) is 0 Å². The second-order valence-corrected chi connectivity index (χ2v) is 6.37. The molecule has 0 aliphatic heterocycles. The van der Waals surface area contributed by atoms with Crippen LogP contribution in [0.3, 0.4) is 0 Å². The summed E-state index contributed by atoms with van der Waals surface area (Å²) < 4.78 is 40.8. The lowest BCUT2D eigenvalue weighted by Gasteiger charge is -2.16. The minimum absolute atomic E-state index is 0.0879. The lowest BCUT2D eigenvalue weighted by Crippen LogP contribution is -2.26. The van der Waals surface area contributed by atoms with Crippen LogP contribution >= 0.6 is 0 Å². The first-order valence-corrected chi connectivity index (χ1v) is 8.48. The van der Waals surface area contributed by atoms with E-state index in [1.807, 2.05) is 0 Å². The molecule has 26 heavy (non-hydrogen) atoms. The standard InChI is InChI=1S/C18H20F3N3O2/c1-22-14-9-15(17(26)23-5-2-6-25)24-16-12(14)7-11(10-3-4-10)8-13(16)18(19,20)21/h7-10,25H,2-6H2,1H3,(H,22,24)(H,23,26). The van der Waals surface area contributed by atoms with Gasteiger partial charge in [-0.15, -0.1) is 0 Å². The summed E-state index contributed by atoms with van der Waals surface area (Å²) in [5.74, 6) is -0.414. The van der Waals surface area contributed by atoms with Gasteiger partial charge < -0.3 is 15.7 Å². The van der Waals surface area contributed by atoms with Crippen LogP contribution in [0.4, 0.5) is 18.9 Å². The van der Waals surface area contributed by atoms with E-state index in [1.54, 1.807) is 13.1 Å². The van der Waals surface area contributed by atoms with Gasteiger partial charge in [0.15, 0.2) is 0 Å². The number of aliphatic hydroxyl groups is 1. The highest BCUT2D eigenvalue weighted by molar-refractivity contribution is 6.01. The fraction of sp³-hybridized carbons (Fsp3) is 0.444. The molecule has 1 aliphatic rings. The van der Waals surface area contributed by atoms with Crippen molar-refractivity contribution >= 4 is 22.5 Å². The summed E-state index contributed by atoms with van der Waals surface area (Å²) in [4.78, 5) is 16.2. The van der Waals surface area contributed by atoms with Crippen molar-refractivity contribution in [3.8, 4) is 0 Å². The average molecular weight is 367 g/mol. The third kappa shape index (κ3) is 3.75.